The van der Waals surface area contributed by atoms with Crippen molar-refractivity contribution in [3.63, 3.8) is 0 Å². The molecular weight excluding hydrogens is 436 g/mol. The molecule has 7 nitrogen and oxygen atoms in total. The van der Waals surface area contributed by atoms with E-state index in [4.69, 9.17) is 0 Å². The Balaban J connectivity index is 1.45. The number of para-hydroxylation sites is 1. The molecular formula is C25H26N4O3S. The molecule has 0 aliphatic heterocycles. The zero-order valence-corrected chi connectivity index (χ0v) is 19.2. The van der Waals surface area contributed by atoms with Crippen molar-refractivity contribution in [2.75, 3.05) is 4.72 Å². The van der Waals surface area contributed by atoms with Gasteiger partial charge < -0.3 is 0 Å². The van der Waals surface area contributed by atoms with Crippen molar-refractivity contribution in [1.82, 2.24) is 14.8 Å². The van der Waals surface area contributed by atoms with Crippen LogP contribution in [0.4, 0.5) is 5.69 Å². The Kier molecular flexibility index (Phi) is 6.74. The summed E-state index contributed by atoms with van der Waals surface area (Å²) >= 11 is 0. The standard InChI is InChI=1S/C25H26N4O3S/c1-2-24-23(17-19-9-5-3-6-10-19)25(30)29(27-24)16-15-20-13-14-22(18-26-20)33(31,32)28-21-11-7-4-8-12-21/h3-14,18,27-28H,2,15-17H2,1H3. The predicted octanol–water partition coefficient (Wildman–Crippen LogP) is 3.77. The van der Waals surface area contributed by atoms with Gasteiger partial charge in [-0.1, -0.05) is 55.5 Å². The van der Waals surface area contributed by atoms with Crippen LogP contribution in [-0.4, -0.2) is 23.2 Å². The number of aromatic amines is 1. The third kappa shape index (κ3) is 5.40. The Bertz CT molecular complexity index is 1360. The Morgan fingerprint density at radius 3 is 2.30 bits per heavy atom. The van der Waals surface area contributed by atoms with Gasteiger partial charge in [-0.2, -0.15) is 0 Å². The molecule has 0 fully saturated rings. The number of hydrogen-bond donors (Lipinski definition) is 2. The van der Waals surface area contributed by atoms with E-state index in [9.17, 15) is 13.2 Å². The van der Waals surface area contributed by atoms with Gasteiger partial charge in [0, 0.05) is 48.2 Å². The van der Waals surface area contributed by atoms with E-state index in [2.05, 4.69) is 14.8 Å². The first-order valence-electron chi connectivity index (χ1n) is 10.8. The number of hydrogen-bond acceptors (Lipinski definition) is 4. The number of nitrogens with one attached hydrogen (secondary N) is 2. The van der Waals surface area contributed by atoms with Gasteiger partial charge in [0.2, 0.25) is 0 Å². The van der Waals surface area contributed by atoms with Crippen molar-refractivity contribution in [2.24, 2.45) is 0 Å². The first kappa shape index (κ1) is 22.5. The molecule has 2 N–H and O–H groups in total. The molecule has 0 radical (unpaired) electrons. The molecule has 0 bridgehead atoms. The topological polar surface area (TPSA) is 96.8 Å². The number of aryl methyl sites for hydroxylation is 3. The molecule has 2 aromatic carbocycles. The Morgan fingerprint density at radius 2 is 1.67 bits per heavy atom. The van der Waals surface area contributed by atoms with Crippen molar-refractivity contribution in [3.8, 4) is 0 Å². The summed E-state index contributed by atoms with van der Waals surface area (Å²) in [5, 5.41) is 3.22. The molecule has 0 unspecified atom stereocenters. The molecule has 8 heteroatoms. The second-order valence-electron chi connectivity index (χ2n) is 7.75. The number of nitrogens with zero attached hydrogens (tertiary/aromatic N) is 2. The van der Waals surface area contributed by atoms with Gasteiger partial charge in [0.05, 0.1) is 0 Å². The lowest BCUT2D eigenvalue weighted by atomic mass is 10.0. The average molecular weight is 463 g/mol. The van der Waals surface area contributed by atoms with E-state index < -0.39 is 10.0 Å². The summed E-state index contributed by atoms with van der Waals surface area (Å²) in [5.74, 6) is 0. The Labute approximate surface area is 193 Å². The molecule has 0 aliphatic rings. The maximum absolute atomic E-state index is 13.0. The summed E-state index contributed by atoms with van der Waals surface area (Å²) in [4.78, 5) is 17.3. The van der Waals surface area contributed by atoms with Gasteiger partial charge in [-0.3, -0.25) is 24.3 Å². The van der Waals surface area contributed by atoms with Crippen LogP contribution >= 0.6 is 0 Å². The van der Waals surface area contributed by atoms with Gasteiger partial charge in [0.1, 0.15) is 4.90 Å². The van der Waals surface area contributed by atoms with E-state index in [1.807, 2.05) is 43.3 Å². The fraction of sp³-hybridized carbons (Fsp3) is 0.200. The van der Waals surface area contributed by atoms with E-state index in [-0.39, 0.29) is 10.5 Å². The number of rotatable bonds is 9. The van der Waals surface area contributed by atoms with E-state index in [0.29, 0.717) is 30.8 Å². The highest BCUT2D eigenvalue weighted by Gasteiger charge is 2.16. The fourth-order valence-corrected chi connectivity index (χ4v) is 4.67. The van der Waals surface area contributed by atoms with Gasteiger partial charge >= 0.3 is 0 Å². The van der Waals surface area contributed by atoms with Crippen LogP contribution in [-0.2, 0) is 35.8 Å². The summed E-state index contributed by atoms with van der Waals surface area (Å²) in [6.45, 7) is 2.45. The van der Waals surface area contributed by atoms with Crippen LogP contribution in [0, 0.1) is 0 Å². The fourth-order valence-electron chi connectivity index (χ4n) is 3.67. The van der Waals surface area contributed by atoms with Gasteiger partial charge in [-0.15, -0.1) is 0 Å². The van der Waals surface area contributed by atoms with Crippen molar-refractivity contribution in [2.45, 2.75) is 37.6 Å². The molecule has 0 spiro atoms. The number of pyridine rings is 1. The highest BCUT2D eigenvalue weighted by atomic mass is 32.2. The Hall–Kier alpha value is -3.65. The van der Waals surface area contributed by atoms with Crippen LogP contribution < -0.4 is 10.3 Å². The lowest BCUT2D eigenvalue weighted by molar-refractivity contribution is 0.582. The summed E-state index contributed by atoms with van der Waals surface area (Å²) < 4.78 is 29.3. The first-order valence-corrected chi connectivity index (χ1v) is 12.3. The lowest BCUT2D eigenvalue weighted by Gasteiger charge is -2.08. The molecule has 0 saturated carbocycles. The van der Waals surface area contributed by atoms with Crippen LogP contribution in [0.1, 0.15) is 29.4 Å². The summed E-state index contributed by atoms with van der Waals surface area (Å²) in [6.07, 6.45) is 3.17. The van der Waals surface area contributed by atoms with E-state index in [1.54, 1.807) is 35.0 Å². The quantitative estimate of drug-likeness (QED) is 0.396. The first-order chi connectivity index (χ1) is 16.0. The van der Waals surface area contributed by atoms with Gasteiger partial charge in [0.25, 0.3) is 15.6 Å². The third-order valence-electron chi connectivity index (χ3n) is 5.44. The molecule has 2 aromatic heterocycles. The van der Waals surface area contributed by atoms with Gasteiger partial charge in [-0.05, 0) is 36.2 Å². The molecule has 0 aliphatic carbocycles. The largest absolute Gasteiger partial charge is 0.299 e. The van der Waals surface area contributed by atoms with Crippen LogP contribution in [0.5, 0.6) is 0 Å². The third-order valence-corrected chi connectivity index (χ3v) is 6.81. The highest BCUT2D eigenvalue weighted by molar-refractivity contribution is 7.92. The molecule has 4 rings (SSSR count). The molecule has 170 valence electrons. The molecule has 0 saturated heterocycles. The Morgan fingerprint density at radius 1 is 0.970 bits per heavy atom. The number of aromatic nitrogens is 3. The number of sulfonamides is 1. The van der Waals surface area contributed by atoms with E-state index in [1.165, 1.54) is 12.3 Å². The zero-order valence-electron chi connectivity index (χ0n) is 18.4. The predicted molar refractivity (Wildman–Crippen MR) is 129 cm³/mol. The number of anilines is 1. The maximum Gasteiger partial charge on any atom is 0.270 e. The molecule has 4 aromatic rings. The minimum atomic E-state index is -3.71. The smallest absolute Gasteiger partial charge is 0.270 e. The minimum absolute atomic E-state index is 0.0260. The lowest BCUT2D eigenvalue weighted by Crippen LogP contribution is -2.20. The second kappa shape index (κ2) is 9.87. The van der Waals surface area contributed by atoms with Gasteiger partial charge in [0.15, 0.2) is 0 Å². The second-order valence-corrected chi connectivity index (χ2v) is 9.43. The molecule has 0 atom stereocenters. The van der Waals surface area contributed by atoms with Crippen molar-refractivity contribution >= 4 is 15.7 Å². The number of benzene rings is 2. The molecule has 0 amide bonds. The minimum Gasteiger partial charge on any atom is -0.299 e. The summed E-state index contributed by atoms with van der Waals surface area (Å²) in [6, 6.07) is 21.8. The van der Waals surface area contributed by atoms with Gasteiger partial charge in [-0.25, -0.2) is 8.42 Å². The average Bonchev–Trinajstić information content (AvgIpc) is 3.13. The maximum atomic E-state index is 13.0. The molecule has 2 heterocycles. The normalized spacial score (nSPS) is 11.4. The summed E-state index contributed by atoms with van der Waals surface area (Å²) in [5.41, 5.74) is 3.99. The van der Waals surface area contributed by atoms with Crippen molar-refractivity contribution < 1.29 is 8.42 Å². The SMILES string of the molecule is CCc1[nH]n(CCc2ccc(S(=O)(=O)Nc3ccccc3)cn2)c(=O)c1Cc1ccccc1. The van der Waals surface area contributed by atoms with Crippen LogP contribution in [0.25, 0.3) is 0 Å². The highest BCUT2D eigenvalue weighted by Crippen LogP contribution is 2.15. The van der Waals surface area contributed by atoms with Crippen LogP contribution in [0.3, 0.4) is 0 Å². The van der Waals surface area contributed by atoms with E-state index >= 15 is 0 Å². The monoisotopic (exact) mass is 462 g/mol. The zero-order chi connectivity index (χ0) is 23.3. The molecule has 33 heavy (non-hydrogen) atoms. The summed E-state index contributed by atoms with van der Waals surface area (Å²) in [7, 11) is -3.71. The van der Waals surface area contributed by atoms with Crippen LogP contribution in [0.2, 0.25) is 0 Å². The van der Waals surface area contributed by atoms with Crippen LogP contribution in [0.15, 0.2) is 88.7 Å². The van der Waals surface area contributed by atoms with Crippen molar-refractivity contribution in [1.29, 1.82) is 0 Å². The number of H-pyrrole nitrogens is 1. The van der Waals surface area contributed by atoms with E-state index in [0.717, 1.165) is 23.2 Å². The van der Waals surface area contributed by atoms with Crippen molar-refractivity contribution in [3.05, 3.63) is 112 Å².